The van der Waals surface area contributed by atoms with Gasteiger partial charge in [-0.05, 0) is 77.5 Å². The van der Waals surface area contributed by atoms with Gasteiger partial charge in [0.25, 0.3) is 0 Å². The molecule has 0 spiro atoms. The molecule has 0 aliphatic rings. The molecule has 0 saturated carbocycles. The fraction of sp³-hybridized carbons (Fsp3) is 0. The Morgan fingerprint density at radius 3 is 1.62 bits per heavy atom. The SMILES string of the molecule is c1ccc(-c2ccccc2-c2cc(-c3cccc4ccccc34)nc(-c3ccc(-c4c5ccccc5cc5c4ccc4ccccc45)cc3)n2)cc1. The fourth-order valence-electron chi connectivity index (χ4n) is 7.79. The van der Waals surface area contributed by atoms with Gasteiger partial charge in [-0.25, -0.2) is 9.97 Å². The fourth-order valence-corrected chi connectivity index (χ4v) is 7.79. The maximum absolute atomic E-state index is 5.29. The van der Waals surface area contributed by atoms with Crippen LogP contribution >= 0.6 is 0 Å². The summed E-state index contributed by atoms with van der Waals surface area (Å²) in [5.41, 5.74) is 9.63. The van der Waals surface area contributed by atoms with Crippen LogP contribution in [0.25, 0.3) is 99.2 Å². The highest BCUT2D eigenvalue weighted by atomic mass is 14.9. The number of hydrogen-bond acceptors (Lipinski definition) is 2. The first kappa shape index (κ1) is 30.0. The smallest absolute Gasteiger partial charge is 0.160 e. The van der Waals surface area contributed by atoms with Gasteiger partial charge >= 0.3 is 0 Å². The topological polar surface area (TPSA) is 25.8 Å². The predicted molar refractivity (Wildman–Crippen MR) is 219 cm³/mol. The summed E-state index contributed by atoms with van der Waals surface area (Å²) >= 11 is 0. The minimum atomic E-state index is 0.698. The monoisotopic (exact) mass is 660 g/mol. The van der Waals surface area contributed by atoms with Gasteiger partial charge in [0.15, 0.2) is 5.82 Å². The summed E-state index contributed by atoms with van der Waals surface area (Å²) in [4.78, 5) is 10.6. The summed E-state index contributed by atoms with van der Waals surface area (Å²) < 4.78 is 0. The molecule has 9 aromatic carbocycles. The van der Waals surface area contributed by atoms with Crippen molar-refractivity contribution in [1.82, 2.24) is 9.97 Å². The highest BCUT2D eigenvalue weighted by molar-refractivity contribution is 6.20. The van der Waals surface area contributed by atoms with E-state index in [1.165, 1.54) is 54.2 Å². The number of rotatable bonds is 5. The van der Waals surface area contributed by atoms with Gasteiger partial charge in [-0.2, -0.15) is 0 Å². The van der Waals surface area contributed by atoms with E-state index in [1.807, 2.05) is 0 Å². The minimum absolute atomic E-state index is 0.698. The molecule has 10 aromatic rings. The Hall–Kier alpha value is -6.90. The first-order valence-corrected chi connectivity index (χ1v) is 17.7. The van der Waals surface area contributed by atoms with Crippen molar-refractivity contribution in [2.24, 2.45) is 0 Å². The molecule has 1 aromatic heterocycles. The van der Waals surface area contributed by atoms with Crippen LogP contribution in [-0.2, 0) is 0 Å². The first-order valence-electron chi connectivity index (χ1n) is 17.7. The molecular weight excluding hydrogens is 629 g/mol. The van der Waals surface area contributed by atoms with Gasteiger partial charge in [-0.3, -0.25) is 0 Å². The van der Waals surface area contributed by atoms with E-state index in [0.29, 0.717) is 5.82 Å². The zero-order valence-electron chi connectivity index (χ0n) is 28.4. The molecule has 1 heterocycles. The maximum atomic E-state index is 5.29. The molecule has 0 radical (unpaired) electrons. The van der Waals surface area contributed by atoms with Crippen LogP contribution in [0.4, 0.5) is 0 Å². The molecule has 0 aliphatic carbocycles. The van der Waals surface area contributed by atoms with E-state index in [1.54, 1.807) is 0 Å². The summed E-state index contributed by atoms with van der Waals surface area (Å²) in [6.45, 7) is 0. The Labute approximate surface area is 302 Å². The molecule has 0 fully saturated rings. The predicted octanol–water partition coefficient (Wildman–Crippen LogP) is 13.4. The third kappa shape index (κ3) is 5.12. The summed E-state index contributed by atoms with van der Waals surface area (Å²) in [6.07, 6.45) is 0. The van der Waals surface area contributed by atoms with Crippen molar-refractivity contribution >= 4 is 43.1 Å². The lowest BCUT2D eigenvalue weighted by atomic mass is 9.89. The largest absolute Gasteiger partial charge is 0.228 e. The van der Waals surface area contributed by atoms with Crippen LogP contribution in [0.15, 0.2) is 194 Å². The van der Waals surface area contributed by atoms with Crippen molar-refractivity contribution in [3.8, 4) is 56.2 Å². The van der Waals surface area contributed by atoms with Crippen molar-refractivity contribution in [2.45, 2.75) is 0 Å². The molecule has 0 aliphatic heterocycles. The zero-order valence-corrected chi connectivity index (χ0v) is 28.4. The summed E-state index contributed by atoms with van der Waals surface area (Å²) in [6, 6.07) is 69.2. The van der Waals surface area contributed by atoms with Gasteiger partial charge in [0.05, 0.1) is 11.4 Å². The van der Waals surface area contributed by atoms with E-state index < -0.39 is 0 Å². The average molecular weight is 661 g/mol. The highest BCUT2D eigenvalue weighted by Crippen LogP contribution is 2.41. The lowest BCUT2D eigenvalue weighted by Crippen LogP contribution is -1.97. The molecule has 0 amide bonds. The van der Waals surface area contributed by atoms with Gasteiger partial charge in [-0.1, -0.05) is 182 Å². The molecule has 0 atom stereocenters. The third-order valence-corrected chi connectivity index (χ3v) is 10.3. The second-order valence-corrected chi connectivity index (χ2v) is 13.3. The van der Waals surface area contributed by atoms with Crippen LogP contribution in [-0.4, -0.2) is 9.97 Å². The van der Waals surface area contributed by atoms with Gasteiger partial charge in [-0.15, -0.1) is 0 Å². The van der Waals surface area contributed by atoms with Crippen molar-refractivity contribution in [2.75, 3.05) is 0 Å². The minimum Gasteiger partial charge on any atom is -0.228 e. The molecule has 2 nitrogen and oxygen atoms in total. The second-order valence-electron chi connectivity index (χ2n) is 13.3. The number of fused-ring (bicyclic) bond motifs is 5. The van der Waals surface area contributed by atoms with Crippen LogP contribution < -0.4 is 0 Å². The molecular formula is C50H32N2. The Bertz CT molecular complexity index is 2940. The van der Waals surface area contributed by atoms with Crippen molar-refractivity contribution in [3.05, 3.63) is 194 Å². The zero-order chi connectivity index (χ0) is 34.4. The summed E-state index contributed by atoms with van der Waals surface area (Å²) in [7, 11) is 0. The Morgan fingerprint density at radius 2 is 0.827 bits per heavy atom. The van der Waals surface area contributed by atoms with Crippen LogP contribution in [0.3, 0.4) is 0 Å². The van der Waals surface area contributed by atoms with Crippen LogP contribution in [0.1, 0.15) is 0 Å². The van der Waals surface area contributed by atoms with E-state index in [2.05, 4.69) is 194 Å². The van der Waals surface area contributed by atoms with Gasteiger partial charge in [0, 0.05) is 16.7 Å². The average Bonchev–Trinajstić information content (AvgIpc) is 3.23. The Kier molecular flexibility index (Phi) is 7.18. The molecule has 10 rings (SSSR count). The van der Waals surface area contributed by atoms with Gasteiger partial charge in [0.2, 0.25) is 0 Å². The van der Waals surface area contributed by atoms with Gasteiger partial charge < -0.3 is 0 Å². The normalized spacial score (nSPS) is 11.5. The van der Waals surface area contributed by atoms with E-state index in [-0.39, 0.29) is 0 Å². The molecule has 2 heteroatoms. The Balaban J connectivity index is 1.17. The van der Waals surface area contributed by atoms with Crippen LogP contribution in [0.2, 0.25) is 0 Å². The quantitative estimate of drug-likeness (QED) is 0.136. The number of benzene rings is 9. The Morgan fingerprint density at radius 1 is 0.269 bits per heavy atom. The molecule has 0 bridgehead atoms. The lowest BCUT2D eigenvalue weighted by molar-refractivity contribution is 1.19. The first-order chi connectivity index (χ1) is 25.8. The number of nitrogens with zero attached hydrogens (tertiary/aromatic N) is 2. The molecule has 0 saturated heterocycles. The second kappa shape index (κ2) is 12.5. The summed E-state index contributed by atoms with van der Waals surface area (Å²) in [5.74, 6) is 0.698. The van der Waals surface area contributed by atoms with Crippen LogP contribution in [0.5, 0.6) is 0 Å². The number of hydrogen-bond donors (Lipinski definition) is 0. The van der Waals surface area contributed by atoms with E-state index >= 15 is 0 Å². The molecule has 242 valence electrons. The standard InChI is InChI=1S/C50H32N2/c1-2-13-33(14-3-1)39-20-10-11-23-43(39)47-32-48(44-24-12-18-34-15-4-7-19-40(34)44)52-50(51-47)37-27-25-36(26-28-37)49-42-22-9-6-17-38(42)31-46-41-21-8-5-16-35(41)29-30-45(46)49/h1-32H. The van der Waals surface area contributed by atoms with E-state index in [0.717, 1.165) is 39.2 Å². The summed E-state index contributed by atoms with van der Waals surface area (Å²) in [5, 5.41) is 9.87. The third-order valence-electron chi connectivity index (χ3n) is 10.3. The van der Waals surface area contributed by atoms with E-state index in [4.69, 9.17) is 9.97 Å². The lowest BCUT2D eigenvalue weighted by Gasteiger charge is -2.15. The molecule has 0 N–H and O–H groups in total. The van der Waals surface area contributed by atoms with Gasteiger partial charge in [0.1, 0.15) is 0 Å². The van der Waals surface area contributed by atoms with Crippen molar-refractivity contribution in [1.29, 1.82) is 0 Å². The van der Waals surface area contributed by atoms with Crippen molar-refractivity contribution in [3.63, 3.8) is 0 Å². The highest BCUT2D eigenvalue weighted by Gasteiger charge is 2.17. The molecule has 0 unspecified atom stereocenters. The molecule has 52 heavy (non-hydrogen) atoms. The van der Waals surface area contributed by atoms with Crippen molar-refractivity contribution < 1.29 is 0 Å². The maximum Gasteiger partial charge on any atom is 0.160 e. The van der Waals surface area contributed by atoms with Crippen LogP contribution in [0, 0.1) is 0 Å². The number of aromatic nitrogens is 2. The van der Waals surface area contributed by atoms with E-state index in [9.17, 15) is 0 Å².